The second-order valence-electron chi connectivity index (χ2n) is 5.39. The van der Waals surface area contributed by atoms with Gasteiger partial charge < -0.3 is 10.5 Å². The highest BCUT2D eigenvalue weighted by molar-refractivity contribution is 5.00. The average Bonchev–Trinajstić information content (AvgIpc) is 2.62. The maximum absolute atomic E-state index is 6.04. The van der Waals surface area contributed by atoms with Crippen LogP contribution < -0.4 is 5.73 Å². The highest BCUT2D eigenvalue weighted by atomic mass is 16.5. The van der Waals surface area contributed by atoms with Crippen molar-refractivity contribution >= 4 is 0 Å². The van der Waals surface area contributed by atoms with Crippen LogP contribution in [-0.4, -0.2) is 42.8 Å². The van der Waals surface area contributed by atoms with Crippen molar-refractivity contribution in [2.75, 3.05) is 26.3 Å². The van der Waals surface area contributed by atoms with Gasteiger partial charge in [0.25, 0.3) is 0 Å². The normalized spacial score (nSPS) is 43.4. The van der Waals surface area contributed by atoms with Crippen LogP contribution >= 0.6 is 0 Å². The molecule has 3 unspecified atom stereocenters. The van der Waals surface area contributed by atoms with Crippen molar-refractivity contribution in [2.45, 2.75) is 44.7 Å². The molecule has 2 N–H and O–H groups in total. The summed E-state index contributed by atoms with van der Waals surface area (Å²) in [5.41, 5.74) is 6.32. The van der Waals surface area contributed by atoms with Crippen LogP contribution in [0.5, 0.6) is 0 Å². The van der Waals surface area contributed by atoms with Crippen molar-refractivity contribution in [3.63, 3.8) is 0 Å². The van der Waals surface area contributed by atoms with Gasteiger partial charge in [0.15, 0.2) is 0 Å². The third kappa shape index (κ3) is 2.05. The van der Waals surface area contributed by atoms with Crippen molar-refractivity contribution in [1.29, 1.82) is 0 Å². The minimum Gasteiger partial charge on any atom is -0.379 e. The molecule has 1 heterocycles. The van der Waals surface area contributed by atoms with E-state index in [4.69, 9.17) is 10.5 Å². The molecule has 3 heteroatoms. The number of nitrogens with zero attached hydrogens (tertiary/aromatic N) is 1. The molecule has 0 aromatic heterocycles. The van der Waals surface area contributed by atoms with Gasteiger partial charge >= 0.3 is 0 Å². The number of rotatable bonds is 2. The fourth-order valence-electron chi connectivity index (χ4n) is 3.36. The molecule has 0 aromatic carbocycles. The standard InChI is InChI=1S/C12H24N2O/c1-10-3-4-12(7-10,9-13)14-5-6-15-8-11(14)2/h10-11H,3-9,13H2,1-2H3. The molecule has 1 aliphatic carbocycles. The lowest BCUT2D eigenvalue weighted by Gasteiger charge is -2.46. The van der Waals surface area contributed by atoms with E-state index in [-0.39, 0.29) is 5.54 Å². The van der Waals surface area contributed by atoms with E-state index in [9.17, 15) is 0 Å². The van der Waals surface area contributed by atoms with Gasteiger partial charge in [-0.1, -0.05) is 6.92 Å². The lowest BCUT2D eigenvalue weighted by atomic mass is 9.91. The Hall–Kier alpha value is -0.120. The summed E-state index contributed by atoms with van der Waals surface area (Å²) in [6.45, 7) is 8.23. The van der Waals surface area contributed by atoms with Crippen molar-refractivity contribution in [2.24, 2.45) is 11.7 Å². The maximum Gasteiger partial charge on any atom is 0.0620 e. The first kappa shape index (κ1) is 11.4. The monoisotopic (exact) mass is 212 g/mol. The SMILES string of the molecule is CC1CCC(CN)(N2CCOCC2C)C1. The molecule has 1 saturated carbocycles. The van der Waals surface area contributed by atoms with Crippen LogP contribution in [0.25, 0.3) is 0 Å². The van der Waals surface area contributed by atoms with E-state index in [1.807, 2.05) is 0 Å². The van der Waals surface area contributed by atoms with Gasteiger partial charge in [0, 0.05) is 24.7 Å². The summed E-state index contributed by atoms with van der Waals surface area (Å²) in [4.78, 5) is 2.61. The second-order valence-corrected chi connectivity index (χ2v) is 5.39. The largest absolute Gasteiger partial charge is 0.379 e. The van der Waals surface area contributed by atoms with Gasteiger partial charge in [-0.2, -0.15) is 0 Å². The number of morpholine rings is 1. The molecule has 2 fully saturated rings. The van der Waals surface area contributed by atoms with Crippen LogP contribution in [0.4, 0.5) is 0 Å². The Morgan fingerprint density at radius 1 is 1.47 bits per heavy atom. The zero-order chi connectivity index (χ0) is 10.9. The molecule has 2 rings (SSSR count). The number of hydrogen-bond donors (Lipinski definition) is 1. The lowest BCUT2D eigenvalue weighted by Crippen LogP contribution is -2.59. The summed E-state index contributed by atoms with van der Waals surface area (Å²) in [5.74, 6) is 0.837. The highest BCUT2D eigenvalue weighted by Crippen LogP contribution is 2.39. The molecule has 88 valence electrons. The third-order valence-electron chi connectivity index (χ3n) is 4.19. The topological polar surface area (TPSA) is 38.5 Å². The van der Waals surface area contributed by atoms with Crippen LogP contribution in [-0.2, 0) is 4.74 Å². The summed E-state index contributed by atoms with van der Waals surface area (Å²) in [6, 6.07) is 0.535. The molecule has 1 aliphatic heterocycles. The smallest absolute Gasteiger partial charge is 0.0620 e. The molecule has 0 amide bonds. The Morgan fingerprint density at radius 2 is 2.27 bits per heavy atom. The molecule has 0 spiro atoms. The van der Waals surface area contributed by atoms with Crippen LogP contribution in [0, 0.1) is 5.92 Å². The Balaban J connectivity index is 2.10. The van der Waals surface area contributed by atoms with Crippen LogP contribution in [0.15, 0.2) is 0 Å². The van der Waals surface area contributed by atoms with Gasteiger partial charge in [0.1, 0.15) is 0 Å². The first-order valence-corrected chi connectivity index (χ1v) is 6.22. The van der Waals surface area contributed by atoms with E-state index >= 15 is 0 Å². The molecule has 0 aromatic rings. The lowest BCUT2D eigenvalue weighted by molar-refractivity contribution is -0.0555. The molecule has 2 aliphatic rings. The van der Waals surface area contributed by atoms with Crippen molar-refractivity contribution < 1.29 is 4.74 Å². The predicted octanol–water partition coefficient (Wildman–Crippen LogP) is 1.22. The molecule has 3 atom stereocenters. The molecular formula is C12H24N2O. The summed E-state index contributed by atoms with van der Waals surface area (Å²) in [6.07, 6.45) is 3.88. The van der Waals surface area contributed by atoms with Crippen molar-refractivity contribution in [1.82, 2.24) is 4.90 Å². The molecular weight excluding hydrogens is 188 g/mol. The molecule has 0 bridgehead atoms. The van der Waals surface area contributed by atoms with Gasteiger partial charge in [-0.3, -0.25) is 4.90 Å². The first-order valence-electron chi connectivity index (χ1n) is 6.22. The van der Waals surface area contributed by atoms with Gasteiger partial charge in [-0.15, -0.1) is 0 Å². The fourth-order valence-corrected chi connectivity index (χ4v) is 3.36. The molecule has 3 nitrogen and oxygen atoms in total. The average molecular weight is 212 g/mol. The summed E-state index contributed by atoms with van der Waals surface area (Å²) < 4.78 is 5.51. The summed E-state index contributed by atoms with van der Waals surface area (Å²) in [5, 5.41) is 0. The van der Waals surface area contributed by atoms with Gasteiger partial charge in [-0.05, 0) is 32.1 Å². The molecule has 1 saturated heterocycles. The first-order chi connectivity index (χ1) is 7.18. The van der Waals surface area contributed by atoms with E-state index in [0.29, 0.717) is 6.04 Å². The Bertz CT molecular complexity index is 222. The number of hydrogen-bond acceptors (Lipinski definition) is 3. The van der Waals surface area contributed by atoms with Gasteiger partial charge in [-0.25, -0.2) is 0 Å². The van der Waals surface area contributed by atoms with Crippen molar-refractivity contribution in [3.8, 4) is 0 Å². The third-order valence-corrected chi connectivity index (χ3v) is 4.19. The van der Waals surface area contributed by atoms with E-state index < -0.39 is 0 Å². The van der Waals surface area contributed by atoms with Crippen LogP contribution in [0.1, 0.15) is 33.1 Å². The molecule has 0 radical (unpaired) electrons. The number of ether oxygens (including phenoxy) is 1. The van der Waals surface area contributed by atoms with Crippen LogP contribution in [0.3, 0.4) is 0 Å². The van der Waals surface area contributed by atoms with Gasteiger partial charge in [0.05, 0.1) is 13.2 Å². The zero-order valence-electron chi connectivity index (χ0n) is 10.0. The molecule has 15 heavy (non-hydrogen) atoms. The fraction of sp³-hybridized carbons (Fsp3) is 1.00. The minimum absolute atomic E-state index is 0.280. The zero-order valence-corrected chi connectivity index (χ0v) is 10.0. The second kappa shape index (κ2) is 4.40. The quantitative estimate of drug-likeness (QED) is 0.748. The van der Waals surface area contributed by atoms with E-state index in [2.05, 4.69) is 18.7 Å². The Kier molecular flexibility index (Phi) is 3.33. The van der Waals surface area contributed by atoms with E-state index in [1.165, 1.54) is 19.3 Å². The van der Waals surface area contributed by atoms with Crippen LogP contribution in [0.2, 0.25) is 0 Å². The Labute approximate surface area is 93.0 Å². The predicted molar refractivity (Wildman–Crippen MR) is 61.8 cm³/mol. The van der Waals surface area contributed by atoms with Gasteiger partial charge in [0.2, 0.25) is 0 Å². The van der Waals surface area contributed by atoms with E-state index in [0.717, 1.165) is 32.2 Å². The highest BCUT2D eigenvalue weighted by Gasteiger charge is 2.43. The van der Waals surface area contributed by atoms with E-state index in [1.54, 1.807) is 0 Å². The van der Waals surface area contributed by atoms with Crippen molar-refractivity contribution in [3.05, 3.63) is 0 Å². The number of nitrogens with two attached hydrogens (primary N) is 1. The summed E-state index contributed by atoms with van der Waals surface area (Å²) >= 11 is 0. The minimum atomic E-state index is 0.280. The Morgan fingerprint density at radius 3 is 2.80 bits per heavy atom. The maximum atomic E-state index is 6.04. The summed E-state index contributed by atoms with van der Waals surface area (Å²) in [7, 11) is 0.